The van der Waals surface area contributed by atoms with Crippen molar-refractivity contribution in [2.75, 3.05) is 13.1 Å². The average Bonchev–Trinajstić information content (AvgIpc) is 2.84. The Kier molecular flexibility index (Phi) is 7.10. The molecule has 4 rings (SSSR count). The SMILES string of the molecule is C[C@@H](c1ccc(-c2ccc(F)cc2F)cc1)N1CC[C@](CCNC=O)(c2ccc(F)cc2)OC1=O. The number of halogens is 3. The lowest BCUT2D eigenvalue weighted by Crippen LogP contribution is -2.49. The molecule has 0 bridgehead atoms. The molecule has 3 aromatic rings. The summed E-state index contributed by atoms with van der Waals surface area (Å²) in [6.07, 6.45) is 0.865. The molecule has 0 aromatic heterocycles. The van der Waals surface area contributed by atoms with Crippen molar-refractivity contribution in [1.82, 2.24) is 10.2 Å². The predicted molar refractivity (Wildman–Crippen MR) is 125 cm³/mol. The summed E-state index contributed by atoms with van der Waals surface area (Å²) < 4.78 is 46.8. The summed E-state index contributed by atoms with van der Waals surface area (Å²) in [7, 11) is 0. The number of carbonyl (C=O) groups excluding carboxylic acids is 2. The van der Waals surface area contributed by atoms with Crippen molar-refractivity contribution in [1.29, 1.82) is 0 Å². The molecule has 1 fully saturated rings. The topological polar surface area (TPSA) is 58.6 Å². The Balaban J connectivity index is 1.52. The van der Waals surface area contributed by atoms with Crippen molar-refractivity contribution in [3.05, 3.63) is 95.3 Å². The summed E-state index contributed by atoms with van der Waals surface area (Å²) in [6, 6.07) is 16.0. The summed E-state index contributed by atoms with van der Waals surface area (Å²) in [6.45, 7) is 2.55. The lowest BCUT2D eigenvalue weighted by atomic mass is 9.85. The van der Waals surface area contributed by atoms with Crippen LogP contribution in [0.1, 0.15) is 36.9 Å². The van der Waals surface area contributed by atoms with Gasteiger partial charge in [0, 0.05) is 37.6 Å². The second-order valence-electron chi connectivity index (χ2n) is 8.56. The van der Waals surface area contributed by atoms with Gasteiger partial charge >= 0.3 is 6.09 Å². The van der Waals surface area contributed by atoms with Crippen molar-refractivity contribution in [2.24, 2.45) is 0 Å². The first-order valence-corrected chi connectivity index (χ1v) is 11.3. The molecule has 1 saturated heterocycles. The lowest BCUT2D eigenvalue weighted by molar-refractivity contribution is -0.110. The molecular formula is C27H25F3N2O3. The maximum absolute atomic E-state index is 14.1. The van der Waals surface area contributed by atoms with Gasteiger partial charge < -0.3 is 15.0 Å². The molecule has 0 radical (unpaired) electrons. The van der Waals surface area contributed by atoms with Gasteiger partial charge in [0.25, 0.3) is 0 Å². The number of carbonyl (C=O) groups is 2. The van der Waals surface area contributed by atoms with E-state index < -0.39 is 29.1 Å². The first-order valence-electron chi connectivity index (χ1n) is 11.3. The Labute approximate surface area is 201 Å². The minimum Gasteiger partial charge on any atom is -0.438 e. The number of benzene rings is 3. The van der Waals surface area contributed by atoms with Gasteiger partial charge in [0.1, 0.15) is 23.1 Å². The second kappa shape index (κ2) is 10.2. The van der Waals surface area contributed by atoms with E-state index in [1.54, 1.807) is 41.3 Å². The quantitative estimate of drug-likeness (QED) is 0.331. The van der Waals surface area contributed by atoms with Crippen molar-refractivity contribution < 1.29 is 27.5 Å². The van der Waals surface area contributed by atoms with Gasteiger partial charge in [-0.25, -0.2) is 18.0 Å². The molecule has 2 atom stereocenters. The summed E-state index contributed by atoms with van der Waals surface area (Å²) in [5, 5.41) is 2.59. The zero-order valence-corrected chi connectivity index (χ0v) is 19.1. The van der Waals surface area contributed by atoms with Crippen LogP contribution in [0.15, 0.2) is 66.7 Å². The van der Waals surface area contributed by atoms with E-state index in [4.69, 9.17) is 4.74 Å². The number of amides is 2. The van der Waals surface area contributed by atoms with Crippen LogP contribution in [0.25, 0.3) is 11.1 Å². The van der Waals surface area contributed by atoms with Crippen LogP contribution in [-0.2, 0) is 15.1 Å². The minimum absolute atomic E-state index is 0.288. The van der Waals surface area contributed by atoms with Crippen LogP contribution in [-0.4, -0.2) is 30.5 Å². The highest BCUT2D eigenvalue weighted by molar-refractivity contribution is 5.70. The number of nitrogens with zero attached hydrogens (tertiary/aromatic N) is 1. The number of ether oxygens (including phenoxy) is 1. The molecule has 182 valence electrons. The Bertz CT molecular complexity index is 1200. The molecule has 1 heterocycles. The fraction of sp³-hybridized carbons (Fsp3) is 0.259. The van der Waals surface area contributed by atoms with Crippen molar-refractivity contribution >= 4 is 12.5 Å². The molecule has 3 aromatic carbocycles. The maximum atomic E-state index is 14.1. The third kappa shape index (κ3) is 5.16. The Morgan fingerprint density at radius 2 is 1.71 bits per heavy atom. The van der Waals surface area contributed by atoms with Crippen molar-refractivity contribution in [3.63, 3.8) is 0 Å². The Morgan fingerprint density at radius 3 is 2.34 bits per heavy atom. The van der Waals surface area contributed by atoms with E-state index in [-0.39, 0.29) is 11.6 Å². The summed E-state index contributed by atoms with van der Waals surface area (Å²) in [5.41, 5.74) is 1.39. The van der Waals surface area contributed by atoms with E-state index in [1.807, 2.05) is 6.92 Å². The minimum atomic E-state index is -0.985. The molecule has 0 aliphatic carbocycles. The summed E-state index contributed by atoms with van der Waals surface area (Å²) >= 11 is 0. The molecule has 5 nitrogen and oxygen atoms in total. The highest BCUT2D eigenvalue weighted by Gasteiger charge is 2.43. The number of hydrogen-bond acceptors (Lipinski definition) is 3. The second-order valence-corrected chi connectivity index (χ2v) is 8.56. The first kappa shape index (κ1) is 24.3. The van der Waals surface area contributed by atoms with Gasteiger partial charge in [-0.05, 0) is 47.9 Å². The van der Waals surface area contributed by atoms with Crippen LogP contribution in [0.3, 0.4) is 0 Å². The standard InChI is InChI=1S/C27H25F3N2O3/c1-18(19-2-4-20(5-3-19)24-11-10-23(29)16-25(24)30)32-15-13-27(35-26(32)34,12-14-31-17-33)21-6-8-22(28)9-7-21/h2-11,16-18H,12-15H2,1H3,(H,31,33)/t18-,27+/m0/s1. The zero-order chi connectivity index (χ0) is 25.0. The van der Waals surface area contributed by atoms with E-state index in [9.17, 15) is 22.8 Å². The van der Waals surface area contributed by atoms with E-state index in [0.717, 1.165) is 11.6 Å². The van der Waals surface area contributed by atoms with Crippen LogP contribution in [0, 0.1) is 17.5 Å². The third-order valence-electron chi connectivity index (χ3n) is 6.50. The molecule has 1 aliphatic heterocycles. The molecule has 0 unspecified atom stereocenters. The highest BCUT2D eigenvalue weighted by atomic mass is 19.1. The Hall–Kier alpha value is -3.81. The van der Waals surface area contributed by atoms with Crippen LogP contribution < -0.4 is 5.32 Å². The molecule has 2 amide bonds. The molecule has 0 spiro atoms. The molecular weight excluding hydrogens is 457 g/mol. The normalized spacial score (nSPS) is 18.6. The average molecular weight is 483 g/mol. The molecule has 35 heavy (non-hydrogen) atoms. The van der Waals surface area contributed by atoms with Gasteiger partial charge in [0.05, 0.1) is 6.04 Å². The maximum Gasteiger partial charge on any atom is 0.411 e. The van der Waals surface area contributed by atoms with Crippen LogP contribution >= 0.6 is 0 Å². The lowest BCUT2D eigenvalue weighted by Gasteiger charge is -2.43. The number of hydrogen-bond donors (Lipinski definition) is 1. The largest absolute Gasteiger partial charge is 0.438 e. The van der Waals surface area contributed by atoms with Gasteiger partial charge in [-0.3, -0.25) is 4.79 Å². The van der Waals surface area contributed by atoms with E-state index >= 15 is 0 Å². The molecule has 1 N–H and O–H groups in total. The fourth-order valence-corrected chi connectivity index (χ4v) is 4.48. The van der Waals surface area contributed by atoms with Crippen molar-refractivity contribution in [2.45, 2.75) is 31.4 Å². The van der Waals surface area contributed by atoms with Gasteiger partial charge in [-0.2, -0.15) is 0 Å². The number of nitrogens with one attached hydrogen (secondary N) is 1. The fourth-order valence-electron chi connectivity index (χ4n) is 4.48. The van der Waals surface area contributed by atoms with Gasteiger partial charge in [-0.1, -0.05) is 36.4 Å². The molecule has 1 aliphatic rings. The number of cyclic esters (lactones) is 1. The van der Waals surface area contributed by atoms with Gasteiger partial charge in [0.15, 0.2) is 0 Å². The predicted octanol–water partition coefficient (Wildman–Crippen LogP) is 5.71. The smallest absolute Gasteiger partial charge is 0.411 e. The van der Waals surface area contributed by atoms with E-state index in [2.05, 4.69) is 5.32 Å². The summed E-state index contributed by atoms with van der Waals surface area (Å²) in [4.78, 5) is 25.4. The van der Waals surface area contributed by atoms with Crippen molar-refractivity contribution in [3.8, 4) is 11.1 Å². The number of rotatable bonds is 8. The third-order valence-corrected chi connectivity index (χ3v) is 6.50. The van der Waals surface area contributed by atoms with Gasteiger partial charge in [-0.15, -0.1) is 0 Å². The van der Waals surface area contributed by atoms with Gasteiger partial charge in [0.2, 0.25) is 6.41 Å². The summed E-state index contributed by atoms with van der Waals surface area (Å²) in [5.74, 6) is -1.68. The van der Waals surface area contributed by atoms with Crippen LogP contribution in [0.4, 0.5) is 18.0 Å². The van der Waals surface area contributed by atoms with E-state index in [0.29, 0.717) is 43.5 Å². The highest BCUT2D eigenvalue weighted by Crippen LogP contribution is 2.39. The molecule has 0 saturated carbocycles. The van der Waals surface area contributed by atoms with E-state index in [1.165, 1.54) is 24.3 Å². The molecule has 8 heteroatoms. The van der Waals surface area contributed by atoms with Crippen LogP contribution in [0.5, 0.6) is 0 Å². The first-order chi connectivity index (χ1) is 16.8. The zero-order valence-electron chi connectivity index (χ0n) is 19.1. The monoisotopic (exact) mass is 482 g/mol. The van der Waals surface area contributed by atoms with Crippen LogP contribution in [0.2, 0.25) is 0 Å². The Morgan fingerprint density at radius 1 is 1.03 bits per heavy atom.